The van der Waals surface area contributed by atoms with Crippen molar-refractivity contribution in [3.63, 3.8) is 0 Å². The molecule has 2 aromatic carbocycles. The molecule has 0 N–H and O–H groups in total. The number of allylic oxidation sites excluding steroid dienone is 1. The summed E-state index contributed by atoms with van der Waals surface area (Å²) in [6.45, 7) is 6.20. The van der Waals surface area contributed by atoms with Gasteiger partial charge < -0.3 is 14.2 Å². The maximum Gasteiger partial charge on any atom is 0.340 e. The minimum atomic E-state index is -0.877. The van der Waals surface area contributed by atoms with Crippen molar-refractivity contribution >= 4 is 17.8 Å². The third kappa shape index (κ3) is 4.31. The van der Waals surface area contributed by atoms with E-state index in [0.717, 1.165) is 31.2 Å². The van der Waals surface area contributed by atoms with Crippen molar-refractivity contribution in [2.24, 2.45) is 23.7 Å². The van der Waals surface area contributed by atoms with Crippen LogP contribution in [0.25, 0.3) is 6.08 Å². The van der Waals surface area contributed by atoms with E-state index < -0.39 is 29.9 Å². The van der Waals surface area contributed by atoms with Gasteiger partial charge >= 0.3 is 5.97 Å². The van der Waals surface area contributed by atoms with Gasteiger partial charge in [0.25, 0.3) is 0 Å². The molecular formula is C31H34O7. The normalized spacial score (nSPS) is 37.9. The van der Waals surface area contributed by atoms with Crippen molar-refractivity contribution in [1.29, 1.82) is 0 Å². The van der Waals surface area contributed by atoms with E-state index in [4.69, 9.17) is 24.0 Å². The first-order valence-corrected chi connectivity index (χ1v) is 13.6. The van der Waals surface area contributed by atoms with Crippen LogP contribution in [0.4, 0.5) is 0 Å². The minimum absolute atomic E-state index is 0.0766. The van der Waals surface area contributed by atoms with Crippen LogP contribution in [0.1, 0.15) is 72.7 Å². The number of fused-ring (bicyclic) bond motifs is 2. The molecule has 4 unspecified atom stereocenters. The van der Waals surface area contributed by atoms with Gasteiger partial charge in [-0.05, 0) is 61.8 Å². The van der Waals surface area contributed by atoms with E-state index in [1.54, 1.807) is 42.5 Å². The molecule has 4 saturated heterocycles. The smallest absolute Gasteiger partial charge is 0.340 e. The van der Waals surface area contributed by atoms with Crippen LogP contribution in [-0.2, 0) is 24.0 Å². The Labute approximate surface area is 223 Å². The van der Waals surface area contributed by atoms with E-state index in [1.807, 2.05) is 25.1 Å². The number of hydrogen-bond donors (Lipinski definition) is 0. The summed E-state index contributed by atoms with van der Waals surface area (Å²) in [7, 11) is 0. The minimum Gasteiger partial charge on any atom is -0.432 e. The summed E-state index contributed by atoms with van der Waals surface area (Å²) in [6.07, 6.45) is 5.53. The second-order valence-corrected chi connectivity index (χ2v) is 11.4. The molecular weight excluding hydrogens is 484 g/mol. The SMILES string of the molecule is C[C@H]1C(OC(=O)c2ccc(/C=C/C(=O)c3ccccc3)cc2)O[C@@H]2OC3(C)CCC4[C@H](C)CCC1[C@]42OO3. The lowest BCUT2D eigenvalue weighted by molar-refractivity contribution is -0.576. The predicted octanol–water partition coefficient (Wildman–Crippen LogP) is 5.95. The number of hydrogen-bond acceptors (Lipinski definition) is 7. The summed E-state index contributed by atoms with van der Waals surface area (Å²) in [6, 6.07) is 16.1. The van der Waals surface area contributed by atoms with Crippen LogP contribution >= 0.6 is 0 Å². The lowest BCUT2D eigenvalue weighted by Crippen LogP contribution is -2.70. The largest absolute Gasteiger partial charge is 0.432 e. The fraction of sp³-hybridized carbons (Fsp3) is 0.484. The van der Waals surface area contributed by atoms with Gasteiger partial charge in [-0.3, -0.25) is 4.79 Å². The monoisotopic (exact) mass is 518 g/mol. The molecule has 38 heavy (non-hydrogen) atoms. The highest BCUT2D eigenvalue weighted by Crippen LogP contribution is 2.60. The lowest BCUT2D eigenvalue weighted by Gasteiger charge is -2.59. The van der Waals surface area contributed by atoms with Gasteiger partial charge in [0.15, 0.2) is 17.7 Å². The fourth-order valence-corrected chi connectivity index (χ4v) is 6.78. The van der Waals surface area contributed by atoms with E-state index >= 15 is 0 Å². The van der Waals surface area contributed by atoms with Crippen LogP contribution in [0.3, 0.4) is 0 Å². The molecule has 2 bridgehead atoms. The zero-order valence-electron chi connectivity index (χ0n) is 22.0. The zero-order valence-corrected chi connectivity index (χ0v) is 22.0. The van der Waals surface area contributed by atoms with Crippen molar-refractivity contribution in [2.45, 2.75) is 70.4 Å². The number of ether oxygens (including phenoxy) is 3. The number of rotatable bonds is 5. The van der Waals surface area contributed by atoms with Gasteiger partial charge in [0.05, 0.1) is 5.56 Å². The van der Waals surface area contributed by atoms with Crippen molar-refractivity contribution in [1.82, 2.24) is 0 Å². The van der Waals surface area contributed by atoms with Gasteiger partial charge in [0.2, 0.25) is 12.1 Å². The van der Waals surface area contributed by atoms with Crippen molar-refractivity contribution < 1.29 is 33.6 Å². The van der Waals surface area contributed by atoms with E-state index in [2.05, 4.69) is 13.8 Å². The summed E-state index contributed by atoms with van der Waals surface area (Å²) in [5.41, 5.74) is 1.16. The molecule has 1 saturated carbocycles. The first-order chi connectivity index (χ1) is 18.3. The first-order valence-electron chi connectivity index (χ1n) is 13.6. The van der Waals surface area contributed by atoms with E-state index in [9.17, 15) is 9.59 Å². The Hall–Kier alpha value is -2.84. The molecule has 2 aromatic rings. The summed E-state index contributed by atoms with van der Waals surface area (Å²) in [5, 5.41) is 0. The highest BCUT2D eigenvalue weighted by atomic mass is 17.3. The Morgan fingerprint density at radius 3 is 2.45 bits per heavy atom. The zero-order chi connectivity index (χ0) is 26.5. The molecule has 7 rings (SSSR count). The second kappa shape index (κ2) is 9.72. The number of esters is 1. The van der Waals surface area contributed by atoms with Crippen molar-refractivity contribution in [2.75, 3.05) is 0 Å². The molecule has 7 heteroatoms. The van der Waals surface area contributed by atoms with Crippen molar-refractivity contribution in [3.8, 4) is 0 Å². The van der Waals surface area contributed by atoms with E-state index in [1.165, 1.54) is 6.08 Å². The maximum absolute atomic E-state index is 13.1. The number of benzene rings is 2. The van der Waals surface area contributed by atoms with Gasteiger partial charge in [-0.15, -0.1) is 0 Å². The molecule has 4 heterocycles. The average Bonchev–Trinajstić information content (AvgIpc) is 3.16. The molecule has 8 atom stereocenters. The van der Waals surface area contributed by atoms with Gasteiger partial charge in [0.1, 0.15) is 0 Å². The van der Waals surface area contributed by atoms with E-state index in [0.29, 0.717) is 17.0 Å². The van der Waals surface area contributed by atoms with Gasteiger partial charge in [-0.2, -0.15) is 0 Å². The molecule has 5 aliphatic rings. The molecule has 4 aliphatic heterocycles. The van der Waals surface area contributed by atoms with Crippen LogP contribution < -0.4 is 0 Å². The summed E-state index contributed by atoms with van der Waals surface area (Å²) >= 11 is 0. The molecule has 7 nitrogen and oxygen atoms in total. The third-order valence-corrected chi connectivity index (χ3v) is 8.95. The second-order valence-electron chi connectivity index (χ2n) is 11.4. The Kier molecular flexibility index (Phi) is 6.51. The quantitative estimate of drug-likeness (QED) is 0.209. The van der Waals surface area contributed by atoms with Gasteiger partial charge in [0, 0.05) is 23.8 Å². The average molecular weight is 519 g/mol. The van der Waals surface area contributed by atoms with Crippen molar-refractivity contribution in [3.05, 3.63) is 77.4 Å². The van der Waals surface area contributed by atoms with Crippen LogP contribution in [-0.4, -0.2) is 35.7 Å². The first kappa shape index (κ1) is 25.4. The lowest BCUT2D eigenvalue weighted by atomic mass is 9.58. The topological polar surface area (TPSA) is 80.3 Å². The molecule has 0 radical (unpaired) electrons. The summed E-state index contributed by atoms with van der Waals surface area (Å²) in [5.74, 6) is -0.707. The highest BCUT2D eigenvalue weighted by Gasteiger charge is 2.69. The Morgan fingerprint density at radius 1 is 0.921 bits per heavy atom. The van der Waals surface area contributed by atoms with Gasteiger partial charge in [-0.25, -0.2) is 14.6 Å². The molecule has 0 aromatic heterocycles. The van der Waals surface area contributed by atoms with Gasteiger partial charge in [-0.1, -0.05) is 62.4 Å². The number of ketones is 1. The molecule has 1 aliphatic carbocycles. The molecule has 200 valence electrons. The van der Waals surface area contributed by atoms with Crippen LogP contribution in [0.5, 0.6) is 0 Å². The van der Waals surface area contributed by atoms with Crippen LogP contribution in [0.15, 0.2) is 60.7 Å². The van der Waals surface area contributed by atoms with Crippen LogP contribution in [0, 0.1) is 23.7 Å². The maximum atomic E-state index is 13.1. The molecule has 1 spiro atoms. The highest BCUT2D eigenvalue weighted by molar-refractivity contribution is 6.06. The predicted molar refractivity (Wildman–Crippen MR) is 138 cm³/mol. The number of carbonyl (C=O) groups excluding carboxylic acids is 2. The Morgan fingerprint density at radius 2 is 1.68 bits per heavy atom. The Bertz CT molecular complexity index is 1220. The third-order valence-electron chi connectivity index (χ3n) is 8.95. The Balaban J connectivity index is 1.16. The number of carbonyl (C=O) groups is 2. The fourth-order valence-electron chi connectivity index (χ4n) is 6.78. The summed E-state index contributed by atoms with van der Waals surface area (Å²) in [4.78, 5) is 37.5. The van der Waals surface area contributed by atoms with Crippen LogP contribution in [0.2, 0.25) is 0 Å². The van der Waals surface area contributed by atoms with E-state index in [-0.39, 0.29) is 23.5 Å². The molecule has 0 amide bonds. The molecule has 5 fully saturated rings. The standard InChI is InChI=1S/C31H34O7/c1-19-9-15-25-20(2)28(35-29-31(25)24(19)17-18-30(3,36-29)37-38-31)34-27(33)23-13-10-21(11-14-23)12-16-26(32)22-7-5-4-6-8-22/h4-8,10-14,16,19-20,24-25,28-29H,9,15,17-18H2,1-3H3/b16-12+/t19-,20-,24?,25?,28?,29-,30?,31-/m1/s1. The summed E-state index contributed by atoms with van der Waals surface area (Å²) < 4.78 is 18.6.